The van der Waals surface area contributed by atoms with Gasteiger partial charge in [-0.1, -0.05) is 6.07 Å². The Hall–Kier alpha value is -2.47. The third kappa shape index (κ3) is 2.13. The maximum atomic E-state index is 11.8. The van der Waals surface area contributed by atoms with Crippen molar-refractivity contribution in [2.45, 2.75) is 12.5 Å². The number of aliphatic hydroxyl groups excluding tert-OH is 1. The van der Waals surface area contributed by atoms with Gasteiger partial charge in [0.05, 0.1) is 5.57 Å². The van der Waals surface area contributed by atoms with Crippen molar-refractivity contribution < 1.29 is 29.7 Å². The SMILES string of the molecule is O=[C]C1=C(c2ccc(O)c(O)c2)C(=O)CC(O)C1=O. The number of hydrogen-bond donors (Lipinski definition) is 3. The van der Waals surface area contributed by atoms with Crippen LogP contribution in [0.5, 0.6) is 11.5 Å². The Morgan fingerprint density at radius 1 is 1.16 bits per heavy atom. The van der Waals surface area contributed by atoms with Crippen LogP contribution in [0.3, 0.4) is 0 Å². The predicted octanol–water partition coefficient (Wildman–Crippen LogP) is -0.136. The Bertz CT molecular complexity index is 614. The Morgan fingerprint density at radius 2 is 1.84 bits per heavy atom. The summed E-state index contributed by atoms with van der Waals surface area (Å²) in [7, 11) is 0. The van der Waals surface area contributed by atoms with Gasteiger partial charge in [-0.3, -0.25) is 14.4 Å². The number of Topliss-reactive ketones (excluding diaryl/α,β-unsaturated/α-hetero) is 2. The number of carbonyl (C=O) groups is 2. The molecule has 6 heteroatoms. The van der Waals surface area contributed by atoms with Crippen LogP contribution in [0.2, 0.25) is 0 Å². The third-order valence-electron chi connectivity index (χ3n) is 2.82. The van der Waals surface area contributed by atoms with Crippen molar-refractivity contribution in [3.05, 3.63) is 29.3 Å². The second kappa shape index (κ2) is 4.66. The standard InChI is InChI=1S/C13H9O6/c14-5-7-12(10(17)4-11(18)13(7)19)6-1-2-8(15)9(16)3-6/h1-3,11,15-16,18H,4H2. The van der Waals surface area contributed by atoms with Crippen LogP contribution in [0.25, 0.3) is 5.57 Å². The van der Waals surface area contributed by atoms with Crippen LogP contribution in [0.1, 0.15) is 12.0 Å². The lowest BCUT2D eigenvalue weighted by Gasteiger charge is -2.19. The highest BCUT2D eigenvalue weighted by Crippen LogP contribution is 2.32. The van der Waals surface area contributed by atoms with E-state index in [0.29, 0.717) is 0 Å². The second-order valence-electron chi connectivity index (χ2n) is 4.06. The first kappa shape index (κ1) is 13.0. The van der Waals surface area contributed by atoms with Crippen molar-refractivity contribution in [1.29, 1.82) is 0 Å². The van der Waals surface area contributed by atoms with E-state index in [9.17, 15) is 29.7 Å². The van der Waals surface area contributed by atoms with Gasteiger partial charge in [0.15, 0.2) is 23.1 Å². The summed E-state index contributed by atoms with van der Waals surface area (Å²) in [6.45, 7) is 0. The van der Waals surface area contributed by atoms with Crippen LogP contribution in [-0.4, -0.2) is 39.3 Å². The maximum absolute atomic E-state index is 11.8. The van der Waals surface area contributed by atoms with E-state index >= 15 is 0 Å². The average molecular weight is 261 g/mol. The van der Waals surface area contributed by atoms with E-state index < -0.39 is 41.2 Å². The highest BCUT2D eigenvalue weighted by atomic mass is 16.3. The molecule has 0 saturated heterocycles. The van der Waals surface area contributed by atoms with E-state index in [4.69, 9.17) is 0 Å². The molecule has 1 aliphatic rings. The number of aliphatic hydroxyl groups is 1. The molecule has 6 nitrogen and oxygen atoms in total. The molecule has 0 aliphatic heterocycles. The molecular weight excluding hydrogens is 252 g/mol. The molecule has 3 N–H and O–H groups in total. The lowest BCUT2D eigenvalue weighted by Crippen LogP contribution is -2.32. The molecule has 0 spiro atoms. The van der Waals surface area contributed by atoms with Crippen molar-refractivity contribution in [3.63, 3.8) is 0 Å². The van der Waals surface area contributed by atoms with Crippen LogP contribution in [0.4, 0.5) is 0 Å². The van der Waals surface area contributed by atoms with E-state index in [1.807, 2.05) is 0 Å². The molecule has 1 aromatic carbocycles. The number of allylic oxidation sites excluding steroid dienone is 1. The number of aromatic hydroxyl groups is 2. The van der Waals surface area contributed by atoms with Gasteiger partial charge in [0.2, 0.25) is 6.29 Å². The highest BCUT2D eigenvalue weighted by Gasteiger charge is 2.34. The molecule has 0 fully saturated rings. The summed E-state index contributed by atoms with van der Waals surface area (Å²) in [6, 6.07) is 3.47. The molecule has 97 valence electrons. The van der Waals surface area contributed by atoms with Crippen molar-refractivity contribution in [2.75, 3.05) is 0 Å². The lowest BCUT2D eigenvalue weighted by molar-refractivity contribution is -0.128. The first-order valence-corrected chi connectivity index (χ1v) is 5.36. The summed E-state index contributed by atoms with van der Waals surface area (Å²) in [4.78, 5) is 34.2. The molecule has 1 unspecified atom stereocenters. The van der Waals surface area contributed by atoms with Crippen molar-refractivity contribution in [2.24, 2.45) is 0 Å². The molecule has 0 aromatic heterocycles. The summed E-state index contributed by atoms with van der Waals surface area (Å²) in [5, 5.41) is 27.9. The number of phenols is 2. The molecule has 0 heterocycles. The van der Waals surface area contributed by atoms with Gasteiger partial charge in [-0.2, -0.15) is 0 Å². The smallest absolute Gasteiger partial charge is 0.238 e. The van der Waals surface area contributed by atoms with Crippen LogP contribution in [-0.2, 0) is 14.4 Å². The number of benzene rings is 1. The molecule has 0 saturated carbocycles. The van der Waals surface area contributed by atoms with E-state index in [1.165, 1.54) is 12.4 Å². The van der Waals surface area contributed by atoms with Gasteiger partial charge in [0.1, 0.15) is 6.10 Å². The fraction of sp³-hybridized carbons (Fsp3) is 0.154. The topological polar surface area (TPSA) is 112 Å². The quantitative estimate of drug-likeness (QED) is 0.504. The first-order valence-electron chi connectivity index (χ1n) is 5.36. The van der Waals surface area contributed by atoms with E-state index in [1.54, 1.807) is 0 Å². The highest BCUT2D eigenvalue weighted by molar-refractivity contribution is 6.37. The minimum Gasteiger partial charge on any atom is -0.504 e. The third-order valence-corrected chi connectivity index (χ3v) is 2.82. The maximum Gasteiger partial charge on any atom is 0.238 e. The number of phenolic OH excluding ortho intramolecular Hbond substituents is 2. The van der Waals surface area contributed by atoms with Crippen molar-refractivity contribution in [3.8, 4) is 11.5 Å². The predicted molar refractivity (Wildman–Crippen MR) is 63.0 cm³/mol. The summed E-state index contributed by atoms with van der Waals surface area (Å²) in [5.74, 6) is -2.36. The Balaban J connectivity index is 2.65. The van der Waals surface area contributed by atoms with Crippen molar-refractivity contribution >= 4 is 23.4 Å². The first-order chi connectivity index (χ1) is 8.95. The largest absolute Gasteiger partial charge is 0.504 e. The van der Waals surface area contributed by atoms with Crippen LogP contribution in [0.15, 0.2) is 23.8 Å². The van der Waals surface area contributed by atoms with Crippen molar-refractivity contribution in [1.82, 2.24) is 0 Å². The van der Waals surface area contributed by atoms with E-state index in [-0.39, 0.29) is 11.1 Å². The zero-order valence-corrected chi connectivity index (χ0v) is 9.58. The minimum atomic E-state index is -1.54. The van der Waals surface area contributed by atoms with Gasteiger partial charge < -0.3 is 15.3 Å². The normalized spacial score (nSPS) is 19.7. The van der Waals surface area contributed by atoms with E-state index in [0.717, 1.165) is 12.1 Å². The summed E-state index contributed by atoms with van der Waals surface area (Å²) >= 11 is 0. The molecule has 1 radical (unpaired) electrons. The van der Waals surface area contributed by atoms with Gasteiger partial charge in [-0.05, 0) is 17.7 Å². The van der Waals surface area contributed by atoms with Gasteiger partial charge in [-0.25, -0.2) is 0 Å². The Kier molecular flexibility index (Phi) is 3.18. The molecule has 0 bridgehead atoms. The van der Waals surface area contributed by atoms with Gasteiger partial charge in [0.25, 0.3) is 0 Å². The monoisotopic (exact) mass is 261 g/mol. The molecule has 1 atom stereocenters. The number of ketones is 2. The molecular formula is C13H9O6. The van der Waals surface area contributed by atoms with Gasteiger partial charge in [-0.15, -0.1) is 0 Å². The summed E-state index contributed by atoms with van der Waals surface area (Å²) < 4.78 is 0. The zero-order chi connectivity index (χ0) is 14.2. The molecule has 19 heavy (non-hydrogen) atoms. The molecule has 1 aromatic rings. The number of carbonyl (C=O) groups excluding carboxylic acids is 3. The number of hydrogen-bond acceptors (Lipinski definition) is 6. The second-order valence-corrected chi connectivity index (χ2v) is 4.06. The van der Waals surface area contributed by atoms with Gasteiger partial charge in [0, 0.05) is 12.0 Å². The Labute approximate surface area is 107 Å². The average Bonchev–Trinajstić information content (AvgIpc) is 2.37. The van der Waals surface area contributed by atoms with E-state index in [2.05, 4.69) is 0 Å². The summed E-state index contributed by atoms with van der Waals surface area (Å²) in [6.07, 6.45) is -0.620. The van der Waals surface area contributed by atoms with Gasteiger partial charge >= 0.3 is 0 Å². The zero-order valence-electron chi connectivity index (χ0n) is 9.58. The fourth-order valence-electron chi connectivity index (χ4n) is 1.89. The summed E-state index contributed by atoms with van der Waals surface area (Å²) in [5.41, 5.74) is -0.645. The molecule has 2 rings (SSSR count). The van der Waals surface area contributed by atoms with Crippen LogP contribution < -0.4 is 0 Å². The fourth-order valence-corrected chi connectivity index (χ4v) is 1.89. The molecule has 0 amide bonds. The van der Waals surface area contributed by atoms with Crippen LogP contribution in [0, 0.1) is 0 Å². The lowest BCUT2D eigenvalue weighted by atomic mass is 9.84. The molecule has 1 aliphatic carbocycles. The minimum absolute atomic E-state index is 0.110. The number of rotatable bonds is 2. The van der Waals surface area contributed by atoms with Crippen LogP contribution >= 0.6 is 0 Å². The Morgan fingerprint density at radius 3 is 2.42 bits per heavy atom.